The molecule has 3 aromatic carbocycles. The molecule has 0 spiro atoms. The molecular weight excluding hydrogens is 403 g/mol. The van der Waals surface area contributed by atoms with Crippen molar-refractivity contribution in [2.45, 2.75) is 13.8 Å². The van der Waals surface area contributed by atoms with Crippen molar-refractivity contribution in [2.75, 3.05) is 5.32 Å². The number of aromatic nitrogens is 1. The molecule has 4 rings (SSSR count). The summed E-state index contributed by atoms with van der Waals surface area (Å²) in [5.41, 5.74) is 5.53. The molecule has 0 saturated heterocycles. The lowest BCUT2D eigenvalue weighted by Gasteiger charge is -2.15. The average Bonchev–Trinajstić information content (AvgIpc) is 2.71. The molecule has 0 bridgehead atoms. The third-order valence-corrected chi connectivity index (χ3v) is 5.71. The minimum atomic E-state index is -0.251. The number of carbonyl (C=O) groups excluding carboxylic acids is 1. The summed E-state index contributed by atoms with van der Waals surface area (Å²) in [5.74, 6) is -0.251. The number of aryl methyl sites for hydroxylation is 1. The first kappa shape index (κ1) is 19.4. The SMILES string of the molecule is Cc1ccc(-c2nc3ccccc3c(C(=O)Nc3cccc(Cl)c3Cl)c2C)cc1. The molecule has 4 aromatic rings. The topological polar surface area (TPSA) is 42.0 Å². The summed E-state index contributed by atoms with van der Waals surface area (Å²) in [7, 11) is 0. The van der Waals surface area contributed by atoms with Gasteiger partial charge in [-0.2, -0.15) is 0 Å². The van der Waals surface area contributed by atoms with Gasteiger partial charge in [0.1, 0.15) is 0 Å². The standard InChI is InChI=1S/C24H18Cl2N2O/c1-14-10-12-16(13-11-14)23-15(2)21(17-6-3-4-8-19(17)27-23)24(29)28-20-9-5-7-18(25)22(20)26/h3-13H,1-2H3,(H,28,29). The molecule has 1 heterocycles. The zero-order valence-corrected chi connectivity index (χ0v) is 17.5. The van der Waals surface area contributed by atoms with Crippen LogP contribution in [0.1, 0.15) is 21.5 Å². The van der Waals surface area contributed by atoms with Crippen LogP contribution in [0.25, 0.3) is 22.2 Å². The Hall–Kier alpha value is -2.88. The highest BCUT2D eigenvalue weighted by atomic mass is 35.5. The van der Waals surface area contributed by atoms with Crippen molar-refractivity contribution in [3.8, 4) is 11.3 Å². The lowest BCUT2D eigenvalue weighted by molar-refractivity contribution is 0.102. The molecule has 1 amide bonds. The first-order valence-corrected chi connectivity index (χ1v) is 9.93. The Morgan fingerprint density at radius 1 is 0.897 bits per heavy atom. The predicted molar refractivity (Wildman–Crippen MR) is 121 cm³/mol. The van der Waals surface area contributed by atoms with Gasteiger partial charge in [-0.15, -0.1) is 0 Å². The summed E-state index contributed by atoms with van der Waals surface area (Å²) < 4.78 is 0. The van der Waals surface area contributed by atoms with E-state index in [0.717, 1.165) is 27.7 Å². The van der Waals surface area contributed by atoms with Gasteiger partial charge in [0.05, 0.1) is 32.5 Å². The van der Waals surface area contributed by atoms with Crippen LogP contribution in [0.5, 0.6) is 0 Å². The molecule has 0 saturated carbocycles. The molecule has 0 aliphatic heterocycles. The molecule has 144 valence electrons. The van der Waals surface area contributed by atoms with Crippen molar-refractivity contribution in [3.63, 3.8) is 0 Å². The number of nitrogens with zero attached hydrogens (tertiary/aromatic N) is 1. The number of amides is 1. The van der Waals surface area contributed by atoms with Gasteiger partial charge in [-0.3, -0.25) is 4.79 Å². The molecule has 0 radical (unpaired) electrons. The van der Waals surface area contributed by atoms with Gasteiger partial charge in [-0.05, 0) is 37.6 Å². The number of hydrogen-bond acceptors (Lipinski definition) is 2. The number of pyridine rings is 1. The van der Waals surface area contributed by atoms with E-state index in [9.17, 15) is 4.79 Å². The number of fused-ring (bicyclic) bond motifs is 1. The van der Waals surface area contributed by atoms with Crippen LogP contribution in [0.15, 0.2) is 66.7 Å². The van der Waals surface area contributed by atoms with E-state index in [1.54, 1.807) is 18.2 Å². The summed E-state index contributed by atoms with van der Waals surface area (Å²) in [6.07, 6.45) is 0. The number of para-hydroxylation sites is 1. The third-order valence-electron chi connectivity index (χ3n) is 4.89. The lowest BCUT2D eigenvalue weighted by atomic mass is 9.96. The minimum Gasteiger partial charge on any atom is -0.321 e. The number of halogens is 2. The second-order valence-corrected chi connectivity index (χ2v) is 7.68. The number of anilines is 1. The molecule has 0 aliphatic carbocycles. The number of hydrogen-bond donors (Lipinski definition) is 1. The van der Waals surface area contributed by atoms with Gasteiger partial charge in [0.2, 0.25) is 0 Å². The van der Waals surface area contributed by atoms with E-state index in [-0.39, 0.29) is 5.91 Å². The second kappa shape index (κ2) is 7.86. The van der Waals surface area contributed by atoms with E-state index in [2.05, 4.69) is 5.32 Å². The number of rotatable bonds is 3. The fraction of sp³-hybridized carbons (Fsp3) is 0.0833. The van der Waals surface area contributed by atoms with Crippen LogP contribution in [-0.2, 0) is 0 Å². The highest BCUT2D eigenvalue weighted by molar-refractivity contribution is 6.44. The number of benzene rings is 3. The van der Waals surface area contributed by atoms with Crippen LogP contribution in [0.4, 0.5) is 5.69 Å². The van der Waals surface area contributed by atoms with Gasteiger partial charge in [0, 0.05) is 10.9 Å². The Balaban J connectivity index is 1.88. The van der Waals surface area contributed by atoms with Crippen LogP contribution >= 0.6 is 23.2 Å². The average molecular weight is 421 g/mol. The molecule has 3 nitrogen and oxygen atoms in total. The summed E-state index contributed by atoms with van der Waals surface area (Å²) in [5, 5.41) is 4.40. The smallest absolute Gasteiger partial charge is 0.256 e. The van der Waals surface area contributed by atoms with E-state index in [1.807, 2.05) is 62.4 Å². The van der Waals surface area contributed by atoms with Crippen molar-refractivity contribution in [2.24, 2.45) is 0 Å². The molecule has 0 unspecified atom stereocenters. The summed E-state index contributed by atoms with van der Waals surface area (Å²) >= 11 is 12.4. The molecule has 29 heavy (non-hydrogen) atoms. The molecule has 1 aromatic heterocycles. The van der Waals surface area contributed by atoms with E-state index >= 15 is 0 Å². The van der Waals surface area contributed by atoms with Crippen molar-refractivity contribution in [1.82, 2.24) is 4.98 Å². The maximum absolute atomic E-state index is 13.3. The van der Waals surface area contributed by atoms with Gasteiger partial charge >= 0.3 is 0 Å². The normalized spacial score (nSPS) is 10.9. The van der Waals surface area contributed by atoms with E-state index in [0.29, 0.717) is 21.3 Å². The fourth-order valence-corrected chi connectivity index (χ4v) is 3.73. The summed E-state index contributed by atoms with van der Waals surface area (Å²) in [6, 6.07) is 20.9. The van der Waals surface area contributed by atoms with Gasteiger partial charge in [-0.25, -0.2) is 4.98 Å². The minimum absolute atomic E-state index is 0.251. The Kier molecular flexibility index (Phi) is 5.27. The van der Waals surface area contributed by atoms with Crippen LogP contribution < -0.4 is 5.32 Å². The molecule has 0 aliphatic rings. The Morgan fingerprint density at radius 2 is 1.62 bits per heavy atom. The molecule has 0 fully saturated rings. The van der Waals surface area contributed by atoms with Crippen molar-refractivity contribution >= 4 is 45.7 Å². The molecule has 5 heteroatoms. The monoisotopic (exact) mass is 420 g/mol. The van der Waals surface area contributed by atoms with Crippen molar-refractivity contribution in [1.29, 1.82) is 0 Å². The van der Waals surface area contributed by atoms with Crippen LogP contribution in [0, 0.1) is 13.8 Å². The van der Waals surface area contributed by atoms with E-state index in [1.165, 1.54) is 5.56 Å². The fourth-order valence-electron chi connectivity index (χ4n) is 3.38. The second-order valence-electron chi connectivity index (χ2n) is 6.90. The predicted octanol–water partition coefficient (Wildman–Crippen LogP) is 7.08. The van der Waals surface area contributed by atoms with Crippen LogP contribution in [0.2, 0.25) is 10.0 Å². The number of carbonyl (C=O) groups is 1. The highest BCUT2D eigenvalue weighted by Crippen LogP contribution is 2.33. The van der Waals surface area contributed by atoms with Gasteiger partial charge in [0.25, 0.3) is 5.91 Å². The van der Waals surface area contributed by atoms with E-state index < -0.39 is 0 Å². The quantitative estimate of drug-likeness (QED) is 0.384. The molecule has 1 N–H and O–H groups in total. The maximum Gasteiger partial charge on any atom is 0.256 e. The third kappa shape index (κ3) is 3.71. The highest BCUT2D eigenvalue weighted by Gasteiger charge is 2.20. The molecular formula is C24H18Cl2N2O. The number of nitrogens with one attached hydrogen (secondary N) is 1. The molecule has 0 atom stereocenters. The Bertz CT molecular complexity index is 1230. The summed E-state index contributed by atoms with van der Waals surface area (Å²) in [4.78, 5) is 18.1. The van der Waals surface area contributed by atoms with Crippen LogP contribution in [-0.4, -0.2) is 10.9 Å². The van der Waals surface area contributed by atoms with Gasteiger partial charge in [-0.1, -0.05) is 77.3 Å². The Labute approximate surface area is 179 Å². The van der Waals surface area contributed by atoms with Crippen molar-refractivity contribution < 1.29 is 4.79 Å². The van der Waals surface area contributed by atoms with Crippen molar-refractivity contribution in [3.05, 3.63) is 93.5 Å². The largest absolute Gasteiger partial charge is 0.321 e. The zero-order valence-electron chi connectivity index (χ0n) is 16.0. The van der Waals surface area contributed by atoms with Gasteiger partial charge < -0.3 is 5.32 Å². The first-order valence-electron chi connectivity index (χ1n) is 9.17. The first-order chi connectivity index (χ1) is 14.0. The Morgan fingerprint density at radius 3 is 2.38 bits per heavy atom. The maximum atomic E-state index is 13.3. The lowest BCUT2D eigenvalue weighted by Crippen LogP contribution is -2.15. The van der Waals surface area contributed by atoms with E-state index in [4.69, 9.17) is 28.2 Å². The summed E-state index contributed by atoms with van der Waals surface area (Å²) in [6.45, 7) is 3.96. The van der Waals surface area contributed by atoms with Gasteiger partial charge in [0.15, 0.2) is 0 Å². The van der Waals surface area contributed by atoms with Crippen LogP contribution in [0.3, 0.4) is 0 Å². The zero-order chi connectivity index (χ0) is 20.5.